The quantitative estimate of drug-likeness (QED) is 0.268. The summed E-state index contributed by atoms with van der Waals surface area (Å²) in [5.41, 5.74) is 4.27. The van der Waals surface area contributed by atoms with Crippen LogP contribution in [0.15, 0.2) is 79.0 Å². The highest BCUT2D eigenvalue weighted by Crippen LogP contribution is 2.24. The molecular formula is C29H31N3O3. The Bertz CT molecular complexity index is 1250. The molecule has 35 heavy (non-hydrogen) atoms. The number of fused-ring (bicyclic) bond motifs is 1. The van der Waals surface area contributed by atoms with Crippen molar-refractivity contribution in [3.05, 3.63) is 95.7 Å². The SMILES string of the molecule is O=C(OCCOc1cccc(CN2CCC[C@H](Cc3ccc4[nH]ncc4c3)C2)c1)c1ccccc1. The topological polar surface area (TPSA) is 67.5 Å². The maximum atomic E-state index is 12.0. The highest BCUT2D eigenvalue weighted by molar-refractivity contribution is 5.89. The summed E-state index contributed by atoms with van der Waals surface area (Å²) < 4.78 is 11.2. The van der Waals surface area contributed by atoms with Crippen LogP contribution in [0.2, 0.25) is 0 Å². The van der Waals surface area contributed by atoms with Crippen molar-refractivity contribution >= 4 is 16.9 Å². The normalized spacial score (nSPS) is 16.3. The number of hydrogen-bond donors (Lipinski definition) is 1. The summed E-state index contributed by atoms with van der Waals surface area (Å²) in [6.07, 6.45) is 5.49. The molecule has 6 heteroatoms. The summed E-state index contributed by atoms with van der Waals surface area (Å²) in [5, 5.41) is 8.34. The van der Waals surface area contributed by atoms with E-state index in [0.29, 0.717) is 18.1 Å². The highest BCUT2D eigenvalue weighted by atomic mass is 16.6. The lowest BCUT2D eigenvalue weighted by molar-refractivity contribution is 0.0450. The van der Waals surface area contributed by atoms with Gasteiger partial charge in [0, 0.05) is 18.5 Å². The van der Waals surface area contributed by atoms with Gasteiger partial charge in [0.2, 0.25) is 0 Å². The van der Waals surface area contributed by atoms with Gasteiger partial charge in [-0.1, -0.05) is 36.4 Å². The monoisotopic (exact) mass is 469 g/mol. The summed E-state index contributed by atoms with van der Waals surface area (Å²) >= 11 is 0. The fraction of sp³-hybridized carbons (Fsp3) is 0.310. The van der Waals surface area contributed by atoms with E-state index in [1.54, 1.807) is 12.1 Å². The first-order valence-electron chi connectivity index (χ1n) is 12.3. The van der Waals surface area contributed by atoms with E-state index in [9.17, 15) is 4.79 Å². The first-order valence-corrected chi connectivity index (χ1v) is 12.3. The number of aromatic nitrogens is 2. The van der Waals surface area contributed by atoms with Gasteiger partial charge in [0.1, 0.15) is 19.0 Å². The molecule has 180 valence electrons. The lowest BCUT2D eigenvalue weighted by Gasteiger charge is -2.33. The second-order valence-electron chi connectivity index (χ2n) is 9.24. The molecule has 0 aliphatic carbocycles. The van der Waals surface area contributed by atoms with E-state index in [0.717, 1.165) is 37.3 Å². The van der Waals surface area contributed by atoms with Gasteiger partial charge in [-0.25, -0.2) is 4.79 Å². The molecule has 1 saturated heterocycles. The van der Waals surface area contributed by atoms with Crippen LogP contribution in [0.25, 0.3) is 10.9 Å². The second kappa shape index (κ2) is 11.2. The fourth-order valence-electron chi connectivity index (χ4n) is 4.86. The summed E-state index contributed by atoms with van der Waals surface area (Å²) in [5.74, 6) is 1.14. The third-order valence-electron chi connectivity index (χ3n) is 6.53. The van der Waals surface area contributed by atoms with Gasteiger partial charge < -0.3 is 9.47 Å². The number of ether oxygens (including phenoxy) is 2. The number of rotatable bonds is 9. The van der Waals surface area contributed by atoms with Gasteiger partial charge in [-0.3, -0.25) is 10.00 Å². The minimum Gasteiger partial charge on any atom is -0.490 e. The molecule has 4 aromatic rings. The molecule has 1 atom stereocenters. The number of nitrogens with zero attached hydrogens (tertiary/aromatic N) is 2. The number of benzene rings is 3. The number of H-pyrrole nitrogens is 1. The largest absolute Gasteiger partial charge is 0.490 e. The van der Waals surface area contributed by atoms with Crippen LogP contribution in [0.1, 0.15) is 34.3 Å². The van der Waals surface area contributed by atoms with Crippen molar-refractivity contribution in [2.24, 2.45) is 5.92 Å². The number of carbonyl (C=O) groups excluding carboxylic acids is 1. The van der Waals surface area contributed by atoms with Gasteiger partial charge in [-0.2, -0.15) is 5.10 Å². The van der Waals surface area contributed by atoms with E-state index < -0.39 is 0 Å². The summed E-state index contributed by atoms with van der Waals surface area (Å²) in [6.45, 7) is 3.68. The molecule has 0 spiro atoms. The molecule has 3 aromatic carbocycles. The molecule has 0 unspecified atom stereocenters. The Kier molecular flexibility index (Phi) is 7.39. The number of likely N-dealkylation sites (tertiary alicyclic amines) is 1. The van der Waals surface area contributed by atoms with Crippen LogP contribution >= 0.6 is 0 Å². The molecule has 1 aromatic heterocycles. The highest BCUT2D eigenvalue weighted by Gasteiger charge is 2.20. The third-order valence-corrected chi connectivity index (χ3v) is 6.53. The minimum absolute atomic E-state index is 0.219. The van der Waals surface area contributed by atoms with E-state index in [4.69, 9.17) is 9.47 Å². The Morgan fingerprint density at radius 1 is 1.00 bits per heavy atom. The van der Waals surface area contributed by atoms with Crippen molar-refractivity contribution < 1.29 is 14.3 Å². The molecule has 0 bridgehead atoms. The van der Waals surface area contributed by atoms with Crippen molar-refractivity contribution in [2.75, 3.05) is 26.3 Å². The van der Waals surface area contributed by atoms with Crippen molar-refractivity contribution in [2.45, 2.75) is 25.8 Å². The number of aromatic amines is 1. The van der Waals surface area contributed by atoms with E-state index in [-0.39, 0.29) is 12.6 Å². The van der Waals surface area contributed by atoms with Crippen molar-refractivity contribution in [3.63, 3.8) is 0 Å². The van der Waals surface area contributed by atoms with Crippen LogP contribution in [-0.4, -0.2) is 47.4 Å². The molecule has 0 radical (unpaired) electrons. The third kappa shape index (κ3) is 6.28. The Labute approximate surface area is 205 Å². The molecule has 1 aliphatic heterocycles. The number of hydrogen-bond acceptors (Lipinski definition) is 5. The Morgan fingerprint density at radius 2 is 1.91 bits per heavy atom. The van der Waals surface area contributed by atoms with E-state index in [1.165, 1.54) is 29.4 Å². The maximum absolute atomic E-state index is 12.0. The standard InChI is InChI=1S/C29H31N3O3/c33-29(25-8-2-1-3-9-25)35-15-14-34-27-10-4-6-24(18-27)21-32-13-5-7-23(20-32)16-22-11-12-28-26(17-22)19-30-31-28/h1-4,6,8-12,17-19,23H,5,7,13-16,20-21H2,(H,30,31)/t23-/m1/s1. The molecule has 1 aliphatic rings. The predicted octanol–water partition coefficient (Wildman–Crippen LogP) is 5.25. The van der Waals surface area contributed by atoms with E-state index >= 15 is 0 Å². The zero-order valence-corrected chi connectivity index (χ0v) is 19.9. The summed E-state index contributed by atoms with van der Waals surface area (Å²) in [4.78, 5) is 14.6. The lowest BCUT2D eigenvalue weighted by Crippen LogP contribution is -2.35. The molecule has 6 nitrogen and oxygen atoms in total. The van der Waals surface area contributed by atoms with Gasteiger partial charge in [-0.05, 0) is 79.3 Å². The molecule has 0 amide bonds. The Morgan fingerprint density at radius 3 is 2.83 bits per heavy atom. The first-order chi connectivity index (χ1) is 17.2. The van der Waals surface area contributed by atoms with Gasteiger partial charge in [0.15, 0.2) is 0 Å². The average Bonchev–Trinajstić information content (AvgIpc) is 3.35. The second-order valence-corrected chi connectivity index (χ2v) is 9.24. The summed E-state index contributed by atoms with van der Waals surface area (Å²) in [6, 6.07) is 23.8. The average molecular weight is 470 g/mol. The lowest BCUT2D eigenvalue weighted by atomic mass is 9.90. The number of nitrogens with one attached hydrogen (secondary N) is 1. The van der Waals surface area contributed by atoms with Crippen LogP contribution in [0.3, 0.4) is 0 Å². The summed E-state index contributed by atoms with van der Waals surface area (Å²) in [7, 11) is 0. The first kappa shape index (κ1) is 23.1. The van der Waals surface area contributed by atoms with Gasteiger partial charge in [-0.15, -0.1) is 0 Å². The molecule has 1 fully saturated rings. The molecule has 0 saturated carbocycles. The number of esters is 1. The number of carbonyl (C=O) groups is 1. The predicted molar refractivity (Wildman–Crippen MR) is 136 cm³/mol. The fourth-order valence-corrected chi connectivity index (χ4v) is 4.86. The number of piperidine rings is 1. The van der Waals surface area contributed by atoms with Gasteiger partial charge in [0.25, 0.3) is 0 Å². The van der Waals surface area contributed by atoms with Crippen LogP contribution in [0.4, 0.5) is 0 Å². The Hall–Kier alpha value is -3.64. The zero-order chi connectivity index (χ0) is 23.9. The van der Waals surface area contributed by atoms with Crippen molar-refractivity contribution in [1.82, 2.24) is 15.1 Å². The van der Waals surface area contributed by atoms with Gasteiger partial charge >= 0.3 is 5.97 Å². The van der Waals surface area contributed by atoms with E-state index in [1.807, 2.05) is 36.5 Å². The van der Waals surface area contributed by atoms with Crippen molar-refractivity contribution in [3.8, 4) is 5.75 Å². The van der Waals surface area contributed by atoms with Gasteiger partial charge in [0.05, 0.1) is 17.3 Å². The zero-order valence-electron chi connectivity index (χ0n) is 19.9. The molecule has 1 N–H and O–H groups in total. The molecule has 2 heterocycles. The van der Waals surface area contributed by atoms with Crippen LogP contribution < -0.4 is 4.74 Å². The molecular weight excluding hydrogens is 438 g/mol. The van der Waals surface area contributed by atoms with E-state index in [2.05, 4.69) is 45.4 Å². The van der Waals surface area contributed by atoms with Crippen molar-refractivity contribution in [1.29, 1.82) is 0 Å². The Balaban J connectivity index is 1.09. The van der Waals surface area contributed by atoms with Crippen LogP contribution in [0.5, 0.6) is 5.75 Å². The minimum atomic E-state index is -0.327. The van der Waals surface area contributed by atoms with Crippen LogP contribution in [0, 0.1) is 5.92 Å². The smallest absolute Gasteiger partial charge is 0.338 e. The van der Waals surface area contributed by atoms with Crippen LogP contribution in [-0.2, 0) is 17.7 Å². The molecule has 5 rings (SSSR count). The maximum Gasteiger partial charge on any atom is 0.338 e.